The highest BCUT2D eigenvalue weighted by atomic mass is 35.5. The molecule has 0 heterocycles. The number of benzene rings is 2. The van der Waals surface area contributed by atoms with Gasteiger partial charge in [0.05, 0.1) is 16.6 Å². The lowest BCUT2D eigenvalue weighted by molar-refractivity contribution is -0.139. The van der Waals surface area contributed by atoms with Crippen LogP contribution in [0.2, 0.25) is 10.0 Å². The summed E-state index contributed by atoms with van der Waals surface area (Å²) in [6.07, 6.45) is -0.774. The standard InChI is InChI=1S/C19H20Cl2N2O3/c1-12-4-6-14(7-5-12)22-18(24)11-23(3)19(25)13(2)26-15-8-9-16(20)17(21)10-15/h4-10,13H,11H2,1-3H3,(H,22,24). The predicted octanol–water partition coefficient (Wildman–Crippen LogP) is 4.17. The first-order valence-electron chi connectivity index (χ1n) is 7.99. The molecule has 0 radical (unpaired) electrons. The van der Waals surface area contributed by atoms with Gasteiger partial charge in [-0.2, -0.15) is 0 Å². The van der Waals surface area contributed by atoms with Crippen molar-refractivity contribution in [3.63, 3.8) is 0 Å². The van der Waals surface area contributed by atoms with Crippen LogP contribution in [0.4, 0.5) is 5.69 Å². The normalized spacial score (nSPS) is 11.6. The quantitative estimate of drug-likeness (QED) is 0.799. The van der Waals surface area contributed by atoms with Crippen LogP contribution in [0.5, 0.6) is 5.75 Å². The molecule has 2 rings (SSSR count). The lowest BCUT2D eigenvalue weighted by Crippen LogP contribution is -2.41. The van der Waals surface area contributed by atoms with Crippen molar-refractivity contribution in [3.05, 3.63) is 58.1 Å². The van der Waals surface area contributed by atoms with Gasteiger partial charge >= 0.3 is 0 Å². The van der Waals surface area contributed by atoms with Gasteiger partial charge in [-0.15, -0.1) is 0 Å². The van der Waals surface area contributed by atoms with Crippen molar-refractivity contribution in [1.82, 2.24) is 4.90 Å². The maximum Gasteiger partial charge on any atom is 0.263 e. The number of likely N-dealkylation sites (N-methyl/N-ethyl adjacent to an activating group) is 1. The SMILES string of the molecule is Cc1ccc(NC(=O)CN(C)C(=O)C(C)Oc2ccc(Cl)c(Cl)c2)cc1. The van der Waals surface area contributed by atoms with Crippen LogP contribution >= 0.6 is 23.2 Å². The summed E-state index contributed by atoms with van der Waals surface area (Å²) in [6.45, 7) is 3.49. The molecule has 26 heavy (non-hydrogen) atoms. The van der Waals surface area contributed by atoms with E-state index >= 15 is 0 Å². The summed E-state index contributed by atoms with van der Waals surface area (Å²) in [5.74, 6) is -0.181. The monoisotopic (exact) mass is 394 g/mol. The predicted molar refractivity (Wildman–Crippen MR) is 104 cm³/mol. The average Bonchev–Trinajstić information content (AvgIpc) is 2.59. The molecule has 1 N–H and O–H groups in total. The lowest BCUT2D eigenvalue weighted by Gasteiger charge is -2.22. The Hall–Kier alpha value is -2.24. The van der Waals surface area contributed by atoms with Crippen molar-refractivity contribution in [2.75, 3.05) is 18.9 Å². The summed E-state index contributed by atoms with van der Waals surface area (Å²) < 4.78 is 5.58. The highest BCUT2D eigenvalue weighted by Gasteiger charge is 2.21. The number of hydrogen-bond donors (Lipinski definition) is 1. The summed E-state index contributed by atoms with van der Waals surface area (Å²) in [6, 6.07) is 12.2. The summed E-state index contributed by atoms with van der Waals surface area (Å²) in [5, 5.41) is 3.50. The molecule has 0 saturated heterocycles. The number of carbonyl (C=O) groups is 2. The maximum absolute atomic E-state index is 12.4. The van der Waals surface area contributed by atoms with Crippen LogP contribution in [0.25, 0.3) is 0 Å². The van der Waals surface area contributed by atoms with Crippen molar-refractivity contribution in [3.8, 4) is 5.75 Å². The molecule has 0 aromatic heterocycles. The molecule has 1 atom stereocenters. The summed E-state index contributed by atoms with van der Waals surface area (Å²) in [4.78, 5) is 25.8. The topological polar surface area (TPSA) is 58.6 Å². The van der Waals surface area contributed by atoms with E-state index in [0.29, 0.717) is 21.5 Å². The van der Waals surface area contributed by atoms with E-state index in [1.54, 1.807) is 26.1 Å². The fourth-order valence-corrected chi connectivity index (χ4v) is 2.53. The Bertz CT molecular complexity index is 794. The molecular formula is C19H20Cl2N2O3. The Morgan fingerprint density at radius 1 is 1.12 bits per heavy atom. The van der Waals surface area contributed by atoms with E-state index in [9.17, 15) is 9.59 Å². The Balaban J connectivity index is 1.89. The van der Waals surface area contributed by atoms with Crippen molar-refractivity contribution in [1.29, 1.82) is 0 Å². The molecule has 2 aromatic carbocycles. The fourth-order valence-electron chi connectivity index (χ4n) is 2.25. The molecule has 0 aliphatic rings. The fraction of sp³-hybridized carbons (Fsp3) is 0.263. The van der Waals surface area contributed by atoms with Crippen LogP contribution in [0.1, 0.15) is 12.5 Å². The lowest BCUT2D eigenvalue weighted by atomic mass is 10.2. The summed E-state index contributed by atoms with van der Waals surface area (Å²) in [7, 11) is 1.55. The van der Waals surface area contributed by atoms with Crippen LogP contribution in [0.15, 0.2) is 42.5 Å². The van der Waals surface area contributed by atoms with Crippen LogP contribution in [-0.2, 0) is 9.59 Å². The second-order valence-electron chi connectivity index (χ2n) is 5.94. The number of hydrogen-bond acceptors (Lipinski definition) is 3. The zero-order valence-electron chi connectivity index (χ0n) is 14.8. The van der Waals surface area contributed by atoms with E-state index in [1.807, 2.05) is 31.2 Å². The van der Waals surface area contributed by atoms with Crippen molar-refractivity contribution < 1.29 is 14.3 Å². The largest absolute Gasteiger partial charge is 0.481 e. The highest BCUT2D eigenvalue weighted by molar-refractivity contribution is 6.42. The van der Waals surface area contributed by atoms with Gasteiger partial charge in [-0.25, -0.2) is 0 Å². The minimum atomic E-state index is -0.774. The number of rotatable bonds is 6. The molecule has 0 saturated carbocycles. The Morgan fingerprint density at radius 3 is 2.38 bits per heavy atom. The van der Waals surface area contributed by atoms with E-state index in [-0.39, 0.29) is 18.4 Å². The number of nitrogens with one attached hydrogen (secondary N) is 1. The number of halogens is 2. The van der Waals surface area contributed by atoms with E-state index in [1.165, 1.54) is 11.0 Å². The van der Waals surface area contributed by atoms with Gasteiger partial charge in [0.15, 0.2) is 6.10 Å². The molecule has 1 unspecified atom stereocenters. The molecule has 0 spiro atoms. The van der Waals surface area contributed by atoms with Gasteiger partial charge in [0.2, 0.25) is 5.91 Å². The summed E-state index contributed by atoms with van der Waals surface area (Å²) >= 11 is 11.8. The first-order chi connectivity index (χ1) is 12.3. The Kier molecular flexibility index (Phi) is 6.89. The van der Waals surface area contributed by atoms with Gasteiger partial charge in [0, 0.05) is 18.8 Å². The first-order valence-corrected chi connectivity index (χ1v) is 8.75. The Morgan fingerprint density at radius 2 is 1.77 bits per heavy atom. The zero-order valence-corrected chi connectivity index (χ0v) is 16.3. The molecule has 7 heteroatoms. The molecule has 2 amide bonds. The van der Waals surface area contributed by atoms with Crippen molar-refractivity contribution in [2.24, 2.45) is 0 Å². The summed E-state index contributed by atoms with van der Waals surface area (Å²) in [5.41, 5.74) is 1.78. The van der Waals surface area contributed by atoms with Crippen molar-refractivity contribution >= 4 is 40.7 Å². The molecule has 2 aromatic rings. The van der Waals surface area contributed by atoms with E-state index in [4.69, 9.17) is 27.9 Å². The van der Waals surface area contributed by atoms with Gasteiger partial charge in [0.1, 0.15) is 5.75 Å². The minimum Gasteiger partial charge on any atom is -0.481 e. The van der Waals surface area contributed by atoms with E-state index in [0.717, 1.165) is 5.56 Å². The van der Waals surface area contributed by atoms with E-state index in [2.05, 4.69) is 5.32 Å². The number of aryl methyl sites for hydroxylation is 1. The Labute approximate surface area is 162 Å². The van der Waals surface area contributed by atoms with Gasteiger partial charge in [0.25, 0.3) is 5.91 Å². The van der Waals surface area contributed by atoms with E-state index < -0.39 is 6.10 Å². The van der Waals surface area contributed by atoms with Gasteiger partial charge in [-0.3, -0.25) is 9.59 Å². The van der Waals surface area contributed by atoms with Gasteiger partial charge < -0.3 is 15.0 Å². The second-order valence-corrected chi connectivity index (χ2v) is 6.76. The smallest absolute Gasteiger partial charge is 0.263 e. The second kappa shape index (κ2) is 8.92. The number of ether oxygens (including phenoxy) is 1. The molecular weight excluding hydrogens is 375 g/mol. The van der Waals surface area contributed by atoms with Crippen LogP contribution in [0.3, 0.4) is 0 Å². The zero-order chi connectivity index (χ0) is 19.3. The molecule has 0 bridgehead atoms. The van der Waals surface area contributed by atoms with Crippen LogP contribution < -0.4 is 10.1 Å². The number of nitrogens with zero attached hydrogens (tertiary/aromatic N) is 1. The third kappa shape index (κ3) is 5.64. The van der Waals surface area contributed by atoms with Gasteiger partial charge in [-0.05, 0) is 38.1 Å². The number of carbonyl (C=O) groups excluding carboxylic acids is 2. The number of amides is 2. The maximum atomic E-state index is 12.4. The third-order valence-electron chi connectivity index (χ3n) is 3.64. The molecule has 0 fully saturated rings. The number of anilines is 1. The van der Waals surface area contributed by atoms with Crippen LogP contribution in [0, 0.1) is 6.92 Å². The average molecular weight is 395 g/mol. The third-order valence-corrected chi connectivity index (χ3v) is 4.38. The molecule has 5 nitrogen and oxygen atoms in total. The molecule has 138 valence electrons. The van der Waals surface area contributed by atoms with Gasteiger partial charge in [-0.1, -0.05) is 40.9 Å². The molecule has 0 aliphatic carbocycles. The first kappa shape index (κ1) is 20.1. The minimum absolute atomic E-state index is 0.0816. The molecule has 0 aliphatic heterocycles. The van der Waals surface area contributed by atoms with Crippen LogP contribution in [-0.4, -0.2) is 36.4 Å². The van der Waals surface area contributed by atoms with Crippen molar-refractivity contribution in [2.45, 2.75) is 20.0 Å². The highest BCUT2D eigenvalue weighted by Crippen LogP contribution is 2.27.